The zero-order chi connectivity index (χ0) is 14.8. The van der Waals surface area contributed by atoms with Crippen LogP contribution in [0.3, 0.4) is 0 Å². The molecule has 1 nitrogen and oxygen atoms in total. The maximum absolute atomic E-state index is 13.0. The lowest BCUT2D eigenvalue weighted by molar-refractivity contribution is 0.413. The molecule has 2 aromatic rings. The molecule has 2 aromatic carbocycles. The Kier molecular flexibility index (Phi) is 4.41. The van der Waals surface area contributed by atoms with Crippen LogP contribution in [0.15, 0.2) is 46.9 Å². The smallest absolute Gasteiger partial charge is 0.123 e. The average Bonchev–Trinajstić information content (AvgIpc) is 2.48. The summed E-state index contributed by atoms with van der Waals surface area (Å²) in [6, 6.07) is 14.1. The normalized spacial score (nSPS) is 19.1. The average molecular weight is 348 g/mol. The largest absolute Gasteiger partial charge is 0.307 e. The van der Waals surface area contributed by atoms with E-state index in [1.165, 1.54) is 23.3 Å². The Balaban J connectivity index is 1.66. The van der Waals surface area contributed by atoms with E-state index in [-0.39, 0.29) is 11.9 Å². The summed E-state index contributed by atoms with van der Waals surface area (Å²) in [5.41, 5.74) is 4.03. The molecule has 1 N–H and O–H groups in total. The highest BCUT2D eigenvalue weighted by Gasteiger charge is 2.20. The van der Waals surface area contributed by atoms with Crippen LogP contribution in [0.5, 0.6) is 0 Å². The molecule has 0 bridgehead atoms. The lowest BCUT2D eigenvalue weighted by Gasteiger charge is -2.29. The molecule has 0 aromatic heterocycles. The minimum absolute atomic E-state index is 0.178. The van der Waals surface area contributed by atoms with Crippen molar-refractivity contribution >= 4 is 15.9 Å². The quantitative estimate of drug-likeness (QED) is 0.841. The van der Waals surface area contributed by atoms with Gasteiger partial charge in [-0.25, -0.2) is 4.39 Å². The summed E-state index contributed by atoms with van der Waals surface area (Å²) >= 11 is 3.54. The Morgan fingerprint density at radius 1 is 1.14 bits per heavy atom. The van der Waals surface area contributed by atoms with Gasteiger partial charge in [-0.3, -0.25) is 0 Å². The van der Waals surface area contributed by atoms with Gasteiger partial charge in [-0.2, -0.15) is 0 Å². The molecule has 0 aliphatic heterocycles. The first-order chi connectivity index (χ1) is 10.1. The Morgan fingerprint density at radius 2 is 1.90 bits per heavy atom. The number of halogens is 2. The molecule has 3 heteroatoms. The van der Waals surface area contributed by atoms with Gasteiger partial charge >= 0.3 is 0 Å². The molecule has 21 heavy (non-hydrogen) atoms. The SMILES string of the molecule is CC(NC1CCc2cc(Br)ccc2C1)c1ccc(F)cc1. The van der Waals surface area contributed by atoms with Gasteiger partial charge in [0.1, 0.15) is 5.82 Å². The fourth-order valence-electron chi connectivity index (χ4n) is 3.07. The second-order valence-corrected chi connectivity index (χ2v) is 6.71. The number of hydrogen-bond donors (Lipinski definition) is 1. The number of benzene rings is 2. The lowest BCUT2D eigenvalue weighted by atomic mass is 9.88. The Labute approximate surface area is 133 Å². The Hall–Kier alpha value is -1.19. The van der Waals surface area contributed by atoms with E-state index in [0.29, 0.717) is 6.04 Å². The maximum atomic E-state index is 13.0. The van der Waals surface area contributed by atoms with Gasteiger partial charge in [0.05, 0.1) is 0 Å². The van der Waals surface area contributed by atoms with Gasteiger partial charge in [0.2, 0.25) is 0 Å². The van der Waals surface area contributed by atoms with Gasteiger partial charge in [-0.05, 0) is 67.1 Å². The van der Waals surface area contributed by atoms with E-state index in [1.54, 1.807) is 0 Å². The number of rotatable bonds is 3. The van der Waals surface area contributed by atoms with Gasteiger partial charge < -0.3 is 5.32 Å². The van der Waals surface area contributed by atoms with Crippen molar-refractivity contribution in [2.75, 3.05) is 0 Å². The fraction of sp³-hybridized carbons (Fsp3) is 0.333. The van der Waals surface area contributed by atoms with E-state index >= 15 is 0 Å². The first kappa shape index (κ1) is 14.7. The summed E-state index contributed by atoms with van der Waals surface area (Å²) in [5, 5.41) is 3.68. The van der Waals surface area contributed by atoms with Crippen LogP contribution in [-0.4, -0.2) is 6.04 Å². The van der Waals surface area contributed by atoms with E-state index in [0.717, 1.165) is 29.3 Å². The number of fused-ring (bicyclic) bond motifs is 1. The summed E-state index contributed by atoms with van der Waals surface area (Å²) in [6.07, 6.45) is 3.33. The predicted molar refractivity (Wildman–Crippen MR) is 87.9 cm³/mol. The summed E-state index contributed by atoms with van der Waals surface area (Å²) in [6.45, 7) is 2.14. The molecule has 0 saturated carbocycles. The molecule has 2 atom stereocenters. The topological polar surface area (TPSA) is 12.0 Å². The zero-order valence-electron chi connectivity index (χ0n) is 12.1. The molecular weight excluding hydrogens is 329 g/mol. The van der Waals surface area contributed by atoms with Crippen molar-refractivity contribution in [3.05, 3.63) is 69.4 Å². The molecule has 0 saturated heterocycles. The number of nitrogens with one attached hydrogen (secondary N) is 1. The lowest BCUT2D eigenvalue weighted by Crippen LogP contribution is -2.36. The van der Waals surface area contributed by atoms with Crippen LogP contribution < -0.4 is 5.32 Å². The van der Waals surface area contributed by atoms with Crippen LogP contribution in [0.25, 0.3) is 0 Å². The molecular formula is C18H19BrFN. The van der Waals surface area contributed by atoms with Crippen molar-refractivity contribution in [2.45, 2.75) is 38.3 Å². The molecule has 2 unspecified atom stereocenters. The molecule has 110 valence electrons. The van der Waals surface area contributed by atoms with E-state index in [9.17, 15) is 4.39 Å². The van der Waals surface area contributed by atoms with Gasteiger partial charge in [0.15, 0.2) is 0 Å². The number of hydrogen-bond acceptors (Lipinski definition) is 1. The van der Waals surface area contributed by atoms with Crippen molar-refractivity contribution in [3.63, 3.8) is 0 Å². The first-order valence-electron chi connectivity index (χ1n) is 7.40. The third kappa shape index (κ3) is 3.53. The van der Waals surface area contributed by atoms with Gasteiger partial charge in [0, 0.05) is 16.6 Å². The van der Waals surface area contributed by atoms with E-state index in [4.69, 9.17) is 0 Å². The molecule has 3 rings (SSSR count). The van der Waals surface area contributed by atoms with Gasteiger partial charge in [0.25, 0.3) is 0 Å². The number of aryl methyl sites for hydroxylation is 1. The second-order valence-electron chi connectivity index (χ2n) is 5.79. The molecule has 1 aliphatic carbocycles. The molecule has 0 radical (unpaired) electrons. The van der Waals surface area contributed by atoms with Crippen molar-refractivity contribution in [1.82, 2.24) is 5.32 Å². The van der Waals surface area contributed by atoms with Crippen LogP contribution in [0.2, 0.25) is 0 Å². The second kappa shape index (κ2) is 6.29. The monoisotopic (exact) mass is 347 g/mol. The summed E-state index contributed by atoms with van der Waals surface area (Å²) in [7, 11) is 0. The Bertz CT molecular complexity index is 624. The molecule has 1 aliphatic rings. The highest BCUT2D eigenvalue weighted by molar-refractivity contribution is 9.10. The van der Waals surface area contributed by atoms with Crippen molar-refractivity contribution < 1.29 is 4.39 Å². The standard InChI is InChI=1S/C18H19BrFN/c1-12(13-3-7-17(20)8-4-13)21-18-9-5-14-10-16(19)6-2-15(14)11-18/h2-4,6-8,10,12,18,21H,5,9,11H2,1H3. The van der Waals surface area contributed by atoms with Crippen molar-refractivity contribution in [3.8, 4) is 0 Å². The van der Waals surface area contributed by atoms with Crippen LogP contribution in [0.4, 0.5) is 4.39 Å². The van der Waals surface area contributed by atoms with Crippen LogP contribution in [0.1, 0.15) is 36.1 Å². The minimum atomic E-state index is -0.178. The minimum Gasteiger partial charge on any atom is -0.307 e. The van der Waals surface area contributed by atoms with E-state index < -0.39 is 0 Å². The fourth-order valence-corrected chi connectivity index (χ4v) is 3.48. The zero-order valence-corrected chi connectivity index (χ0v) is 13.7. The summed E-state index contributed by atoms with van der Waals surface area (Å²) in [5.74, 6) is -0.178. The molecule has 0 spiro atoms. The maximum Gasteiger partial charge on any atom is 0.123 e. The van der Waals surface area contributed by atoms with Crippen molar-refractivity contribution in [1.29, 1.82) is 0 Å². The molecule has 0 heterocycles. The Morgan fingerprint density at radius 3 is 2.67 bits per heavy atom. The highest BCUT2D eigenvalue weighted by atomic mass is 79.9. The van der Waals surface area contributed by atoms with Crippen LogP contribution in [-0.2, 0) is 12.8 Å². The first-order valence-corrected chi connectivity index (χ1v) is 8.20. The van der Waals surface area contributed by atoms with E-state index in [1.807, 2.05) is 12.1 Å². The van der Waals surface area contributed by atoms with E-state index in [2.05, 4.69) is 46.4 Å². The highest BCUT2D eigenvalue weighted by Crippen LogP contribution is 2.26. The third-order valence-electron chi connectivity index (χ3n) is 4.25. The van der Waals surface area contributed by atoms with Crippen LogP contribution >= 0.6 is 15.9 Å². The van der Waals surface area contributed by atoms with Crippen LogP contribution in [0, 0.1) is 5.82 Å². The third-order valence-corrected chi connectivity index (χ3v) is 4.75. The predicted octanol–water partition coefficient (Wildman–Crippen LogP) is 4.80. The van der Waals surface area contributed by atoms with Crippen molar-refractivity contribution in [2.24, 2.45) is 0 Å². The molecule has 0 fully saturated rings. The summed E-state index contributed by atoms with van der Waals surface area (Å²) < 4.78 is 14.1. The summed E-state index contributed by atoms with van der Waals surface area (Å²) in [4.78, 5) is 0. The van der Waals surface area contributed by atoms with Gasteiger partial charge in [-0.1, -0.05) is 34.1 Å². The van der Waals surface area contributed by atoms with Gasteiger partial charge in [-0.15, -0.1) is 0 Å². The molecule has 0 amide bonds.